The van der Waals surface area contributed by atoms with Crippen LogP contribution in [0.3, 0.4) is 0 Å². The summed E-state index contributed by atoms with van der Waals surface area (Å²) >= 11 is 6.03. The topological polar surface area (TPSA) is 81.0 Å². The molecule has 0 bridgehead atoms. The van der Waals surface area contributed by atoms with Crippen LogP contribution in [0.2, 0.25) is 5.02 Å². The molecule has 30 heavy (non-hydrogen) atoms. The first-order valence-corrected chi connectivity index (χ1v) is 9.98. The first kappa shape index (κ1) is 19.8. The Kier molecular flexibility index (Phi) is 5.35. The van der Waals surface area contributed by atoms with Crippen LogP contribution in [-0.4, -0.2) is 4.57 Å². The second-order valence-electron chi connectivity index (χ2n) is 7.23. The number of hydrogen-bond donors (Lipinski definition) is 1. The van der Waals surface area contributed by atoms with Crippen molar-refractivity contribution in [3.8, 4) is 11.8 Å². The summed E-state index contributed by atoms with van der Waals surface area (Å²) in [6.07, 6.45) is 0.718. The number of rotatable bonds is 4. The van der Waals surface area contributed by atoms with Gasteiger partial charge in [-0.05, 0) is 36.6 Å². The van der Waals surface area contributed by atoms with Gasteiger partial charge in [0.15, 0.2) is 0 Å². The quantitative estimate of drug-likeness (QED) is 0.687. The Bertz CT molecular complexity index is 1220. The minimum atomic E-state index is -0.605. The number of halogens is 1. The van der Waals surface area contributed by atoms with E-state index in [1.807, 2.05) is 43.3 Å². The lowest BCUT2D eigenvalue weighted by atomic mass is 9.84. The van der Waals surface area contributed by atoms with E-state index in [1.54, 1.807) is 28.8 Å². The minimum Gasteiger partial charge on any atom is -0.440 e. The van der Waals surface area contributed by atoms with Crippen molar-refractivity contribution in [3.63, 3.8) is 0 Å². The summed E-state index contributed by atoms with van der Waals surface area (Å²) < 4.78 is 7.42. The van der Waals surface area contributed by atoms with Crippen molar-refractivity contribution in [2.24, 2.45) is 5.73 Å². The Morgan fingerprint density at radius 1 is 1.17 bits per heavy atom. The molecule has 0 fully saturated rings. The fourth-order valence-electron chi connectivity index (χ4n) is 3.84. The molecule has 0 saturated carbocycles. The molecule has 1 aliphatic rings. The van der Waals surface area contributed by atoms with Gasteiger partial charge in [-0.25, -0.2) is 0 Å². The maximum absolute atomic E-state index is 13.6. The Morgan fingerprint density at radius 2 is 1.87 bits per heavy atom. The molecule has 4 rings (SSSR count). The molecule has 5 nitrogen and oxygen atoms in total. The minimum absolute atomic E-state index is 0.0192. The zero-order chi connectivity index (χ0) is 21.3. The van der Waals surface area contributed by atoms with Gasteiger partial charge in [-0.15, -0.1) is 0 Å². The van der Waals surface area contributed by atoms with Gasteiger partial charge >= 0.3 is 0 Å². The first-order valence-electron chi connectivity index (χ1n) is 9.61. The van der Waals surface area contributed by atoms with Crippen molar-refractivity contribution in [2.75, 3.05) is 0 Å². The zero-order valence-corrected chi connectivity index (χ0v) is 17.2. The molecule has 2 N–H and O–H groups in total. The van der Waals surface area contributed by atoms with E-state index in [0.29, 0.717) is 22.9 Å². The van der Waals surface area contributed by atoms with Crippen molar-refractivity contribution in [2.45, 2.75) is 25.8 Å². The van der Waals surface area contributed by atoms with Crippen molar-refractivity contribution >= 4 is 11.6 Å². The van der Waals surface area contributed by atoms with Crippen LogP contribution >= 0.6 is 11.6 Å². The Hall–Kier alpha value is -3.49. The maximum atomic E-state index is 13.6. The fourth-order valence-corrected chi connectivity index (χ4v) is 3.96. The fraction of sp³-hybridized carbons (Fsp3) is 0.167. The molecule has 2 heterocycles. The third-order valence-electron chi connectivity index (χ3n) is 5.36. The van der Waals surface area contributed by atoms with Crippen LogP contribution in [0.1, 0.15) is 28.3 Å². The number of allylic oxidation sites excluding steroid dienone is 1. The highest BCUT2D eigenvalue weighted by Crippen LogP contribution is 2.40. The molecule has 0 unspecified atom stereocenters. The molecule has 1 atom stereocenters. The number of aromatic nitrogens is 1. The molecule has 150 valence electrons. The lowest BCUT2D eigenvalue weighted by Crippen LogP contribution is -2.33. The molecule has 1 aliphatic heterocycles. The average molecular weight is 418 g/mol. The lowest BCUT2D eigenvalue weighted by molar-refractivity contribution is 0.388. The van der Waals surface area contributed by atoms with Gasteiger partial charge in [0.2, 0.25) is 5.88 Å². The van der Waals surface area contributed by atoms with E-state index >= 15 is 0 Å². The van der Waals surface area contributed by atoms with Crippen LogP contribution in [0.25, 0.3) is 0 Å². The van der Waals surface area contributed by atoms with E-state index in [-0.39, 0.29) is 17.0 Å². The zero-order valence-electron chi connectivity index (χ0n) is 16.4. The monoisotopic (exact) mass is 417 g/mol. The van der Waals surface area contributed by atoms with Crippen LogP contribution in [-0.2, 0) is 13.0 Å². The van der Waals surface area contributed by atoms with Crippen molar-refractivity contribution in [3.05, 3.63) is 110 Å². The summed E-state index contributed by atoms with van der Waals surface area (Å²) in [4.78, 5) is 13.6. The number of pyridine rings is 1. The van der Waals surface area contributed by atoms with Gasteiger partial charge < -0.3 is 15.0 Å². The summed E-state index contributed by atoms with van der Waals surface area (Å²) in [7, 11) is 0. The second-order valence-corrected chi connectivity index (χ2v) is 7.67. The molecule has 6 heteroatoms. The van der Waals surface area contributed by atoms with Crippen LogP contribution in [0, 0.1) is 18.3 Å². The van der Waals surface area contributed by atoms with Gasteiger partial charge in [0.25, 0.3) is 5.56 Å². The Morgan fingerprint density at radius 3 is 2.53 bits per heavy atom. The molecule has 0 saturated heterocycles. The number of nitrogens with zero attached hydrogens (tertiary/aromatic N) is 2. The van der Waals surface area contributed by atoms with E-state index < -0.39 is 5.92 Å². The molecular weight excluding hydrogens is 398 g/mol. The summed E-state index contributed by atoms with van der Waals surface area (Å²) in [5, 5.41) is 10.3. The number of nitriles is 1. The van der Waals surface area contributed by atoms with Gasteiger partial charge in [0.05, 0.1) is 11.5 Å². The van der Waals surface area contributed by atoms with E-state index in [2.05, 4.69) is 6.07 Å². The molecule has 0 spiro atoms. The Balaban J connectivity index is 1.83. The molecule has 0 radical (unpaired) electrons. The Labute approximate surface area is 179 Å². The largest absolute Gasteiger partial charge is 0.440 e. The molecular formula is C24H20ClN3O2. The van der Waals surface area contributed by atoms with E-state index in [4.69, 9.17) is 22.1 Å². The van der Waals surface area contributed by atoms with Gasteiger partial charge in [-0.2, -0.15) is 5.26 Å². The standard InChI is InChI=1S/C24H20ClN3O2/c1-15-13-20-22(24(29)28(15)12-11-16-5-3-2-4-6-16)21(19(14-26)23(27)30-20)17-7-9-18(25)10-8-17/h2-10,13,21H,11-12,27H2,1H3/t21-/m0/s1. The number of hydrogen-bond acceptors (Lipinski definition) is 4. The molecule has 0 aliphatic carbocycles. The first-order chi connectivity index (χ1) is 14.5. The van der Waals surface area contributed by atoms with Crippen molar-refractivity contribution < 1.29 is 4.74 Å². The number of benzene rings is 2. The normalized spacial score (nSPS) is 15.3. The molecule has 1 aromatic heterocycles. The molecule has 0 amide bonds. The lowest BCUT2D eigenvalue weighted by Gasteiger charge is -2.27. The summed E-state index contributed by atoms with van der Waals surface area (Å²) in [6, 6.07) is 21.0. The highest BCUT2D eigenvalue weighted by molar-refractivity contribution is 6.30. The number of fused-ring (bicyclic) bond motifs is 1. The van der Waals surface area contributed by atoms with Gasteiger partial charge in [0, 0.05) is 23.3 Å². The number of aryl methyl sites for hydroxylation is 2. The predicted octanol–water partition coefficient (Wildman–Crippen LogP) is 4.27. The molecule has 2 aromatic carbocycles. The second kappa shape index (κ2) is 8.10. The van der Waals surface area contributed by atoms with Crippen LogP contribution < -0.4 is 16.0 Å². The molecule has 3 aromatic rings. The number of ether oxygens (including phenoxy) is 1. The SMILES string of the molecule is Cc1cc2c(c(=O)n1CCc1ccccc1)[C@@H](c1ccc(Cl)cc1)C(C#N)=C(N)O2. The van der Waals surface area contributed by atoms with Gasteiger partial charge in [0.1, 0.15) is 17.4 Å². The maximum Gasteiger partial charge on any atom is 0.258 e. The third kappa shape index (κ3) is 3.58. The van der Waals surface area contributed by atoms with E-state index in [1.165, 1.54) is 0 Å². The average Bonchev–Trinajstić information content (AvgIpc) is 2.74. The van der Waals surface area contributed by atoms with Gasteiger partial charge in [-0.1, -0.05) is 54.1 Å². The van der Waals surface area contributed by atoms with Crippen LogP contribution in [0.5, 0.6) is 5.75 Å². The smallest absolute Gasteiger partial charge is 0.258 e. The highest BCUT2D eigenvalue weighted by atomic mass is 35.5. The van der Waals surface area contributed by atoms with Crippen molar-refractivity contribution in [1.29, 1.82) is 5.26 Å². The number of nitrogens with two attached hydrogens (primary N) is 1. The van der Waals surface area contributed by atoms with Crippen molar-refractivity contribution in [1.82, 2.24) is 4.57 Å². The predicted molar refractivity (Wildman–Crippen MR) is 116 cm³/mol. The summed E-state index contributed by atoms with van der Waals surface area (Å²) in [5.41, 5.74) is 9.18. The third-order valence-corrected chi connectivity index (χ3v) is 5.61. The van der Waals surface area contributed by atoms with E-state index in [0.717, 1.165) is 23.2 Å². The highest BCUT2D eigenvalue weighted by Gasteiger charge is 2.34. The summed E-state index contributed by atoms with van der Waals surface area (Å²) in [5.74, 6) is -0.192. The summed E-state index contributed by atoms with van der Waals surface area (Å²) in [6.45, 7) is 2.39. The van der Waals surface area contributed by atoms with E-state index in [9.17, 15) is 10.1 Å². The van der Waals surface area contributed by atoms with Gasteiger partial charge in [-0.3, -0.25) is 4.79 Å². The van der Waals surface area contributed by atoms with Crippen LogP contribution in [0.4, 0.5) is 0 Å². The van der Waals surface area contributed by atoms with Crippen LogP contribution in [0.15, 0.2) is 76.9 Å².